The third-order valence-corrected chi connectivity index (χ3v) is 4.12. The average molecular weight is 384 g/mol. The number of benzene rings is 1. The van der Waals surface area contributed by atoms with Gasteiger partial charge < -0.3 is 15.2 Å². The molecule has 0 spiro atoms. The number of aromatic nitrogens is 1. The molecule has 0 fully saturated rings. The van der Waals surface area contributed by atoms with Gasteiger partial charge in [0.05, 0.1) is 13.2 Å². The molecule has 1 amide bonds. The quantitative estimate of drug-likeness (QED) is 0.766. The Morgan fingerprint density at radius 2 is 1.89 bits per heavy atom. The molecule has 0 aliphatic carbocycles. The highest BCUT2D eigenvalue weighted by Gasteiger charge is 2.17. The van der Waals surface area contributed by atoms with Crippen LogP contribution in [-0.2, 0) is 17.6 Å². The molecule has 2 rings (SSSR count). The van der Waals surface area contributed by atoms with E-state index in [0.717, 1.165) is 16.7 Å². The molecule has 150 valence electrons. The second-order valence-electron chi connectivity index (χ2n) is 7.89. The molecule has 1 unspecified atom stereocenters. The van der Waals surface area contributed by atoms with E-state index in [-0.39, 0.29) is 35.8 Å². The molecule has 0 saturated carbocycles. The number of aliphatic hydroxyl groups is 1. The number of pyridine rings is 1. The largest absolute Gasteiger partial charge is 0.496 e. The zero-order valence-corrected chi connectivity index (χ0v) is 17.1. The zero-order chi connectivity index (χ0) is 20.9. The highest BCUT2D eigenvalue weighted by Crippen LogP contribution is 2.24. The van der Waals surface area contributed by atoms with Crippen molar-refractivity contribution >= 4 is 11.7 Å². The van der Waals surface area contributed by atoms with Crippen LogP contribution in [0, 0.1) is 0 Å². The summed E-state index contributed by atoms with van der Waals surface area (Å²) in [5.74, 6) is 0.320. The number of carbonyl (C=O) groups is 2. The van der Waals surface area contributed by atoms with Gasteiger partial charge in [-0.3, -0.25) is 14.6 Å². The smallest absolute Gasteiger partial charge is 0.270 e. The standard InChI is InChI=1S/C22H28N2O4/c1-14(25)16-6-7-20(28-5)17(12-16)13-18(26)10-15-8-9-23-19(11-15)21(27)24-22(2,3)4/h6-9,11-12,14,25H,10,13H2,1-5H3,(H,24,27). The Hall–Kier alpha value is -2.73. The van der Waals surface area contributed by atoms with E-state index in [1.54, 1.807) is 44.4 Å². The number of nitrogens with one attached hydrogen (secondary N) is 1. The molecule has 0 saturated heterocycles. The van der Waals surface area contributed by atoms with E-state index < -0.39 is 6.10 Å². The highest BCUT2D eigenvalue weighted by atomic mass is 16.5. The summed E-state index contributed by atoms with van der Waals surface area (Å²) < 4.78 is 5.33. The second-order valence-corrected chi connectivity index (χ2v) is 7.89. The number of methoxy groups -OCH3 is 1. The molecule has 1 atom stereocenters. The number of amides is 1. The SMILES string of the molecule is COc1ccc(C(C)O)cc1CC(=O)Cc1ccnc(C(=O)NC(C)(C)C)c1. The molecule has 6 nitrogen and oxygen atoms in total. The van der Waals surface area contributed by atoms with Gasteiger partial charge in [0.25, 0.3) is 5.91 Å². The third kappa shape index (κ3) is 6.16. The van der Waals surface area contributed by atoms with Gasteiger partial charge in [-0.1, -0.05) is 6.07 Å². The van der Waals surface area contributed by atoms with Crippen LogP contribution in [0.3, 0.4) is 0 Å². The van der Waals surface area contributed by atoms with Crippen LogP contribution in [0.2, 0.25) is 0 Å². The molecule has 0 bridgehead atoms. The Balaban J connectivity index is 2.13. The highest BCUT2D eigenvalue weighted by molar-refractivity contribution is 5.93. The summed E-state index contributed by atoms with van der Waals surface area (Å²) in [7, 11) is 1.55. The molecular weight excluding hydrogens is 356 g/mol. The number of hydrogen-bond donors (Lipinski definition) is 2. The summed E-state index contributed by atoms with van der Waals surface area (Å²) in [6, 6.07) is 8.69. The third-order valence-electron chi connectivity index (χ3n) is 4.12. The Morgan fingerprint density at radius 3 is 2.50 bits per heavy atom. The van der Waals surface area contributed by atoms with Gasteiger partial charge in [-0.05, 0) is 63.1 Å². The van der Waals surface area contributed by atoms with Gasteiger partial charge in [0.1, 0.15) is 17.2 Å². The van der Waals surface area contributed by atoms with Crippen molar-refractivity contribution in [2.45, 2.75) is 52.2 Å². The van der Waals surface area contributed by atoms with Gasteiger partial charge in [0.15, 0.2) is 0 Å². The fraction of sp³-hybridized carbons (Fsp3) is 0.409. The predicted octanol–water partition coefficient (Wildman–Crippen LogP) is 3.03. The molecule has 2 aromatic rings. The van der Waals surface area contributed by atoms with E-state index >= 15 is 0 Å². The van der Waals surface area contributed by atoms with Crippen LogP contribution in [0.25, 0.3) is 0 Å². The van der Waals surface area contributed by atoms with Gasteiger partial charge in [-0.2, -0.15) is 0 Å². The minimum absolute atomic E-state index is 0.0191. The summed E-state index contributed by atoms with van der Waals surface area (Å²) in [6.45, 7) is 7.36. The number of ether oxygens (including phenoxy) is 1. The summed E-state index contributed by atoms with van der Waals surface area (Å²) in [5, 5.41) is 12.6. The van der Waals surface area contributed by atoms with Crippen LogP contribution >= 0.6 is 0 Å². The molecule has 0 radical (unpaired) electrons. The Morgan fingerprint density at radius 1 is 1.18 bits per heavy atom. The number of aliphatic hydroxyl groups excluding tert-OH is 1. The maximum atomic E-state index is 12.6. The number of rotatable bonds is 7. The number of Topliss-reactive ketones (excluding diaryl/α,β-unsaturated/α-hetero) is 1. The van der Waals surface area contributed by atoms with Crippen LogP contribution < -0.4 is 10.1 Å². The van der Waals surface area contributed by atoms with Crippen LogP contribution in [0.5, 0.6) is 5.75 Å². The first-order valence-electron chi connectivity index (χ1n) is 9.23. The zero-order valence-electron chi connectivity index (χ0n) is 17.1. The van der Waals surface area contributed by atoms with Crippen molar-refractivity contribution in [1.82, 2.24) is 10.3 Å². The van der Waals surface area contributed by atoms with Crippen molar-refractivity contribution in [3.63, 3.8) is 0 Å². The fourth-order valence-corrected chi connectivity index (χ4v) is 2.81. The summed E-state index contributed by atoms with van der Waals surface area (Å²) >= 11 is 0. The number of nitrogens with zero attached hydrogens (tertiary/aromatic N) is 1. The van der Waals surface area contributed by atoms with Crippen molar-refractivity contribution in [3.8, 4) is 5.75 Å². The number of ketones is 1. The Labute approximate surface area is 166 Å². The lowest BCUT2D eigenvalue weighted by molar-refractivity contribution is -0.117. The maximum Gasteiger partial charge on any atom is 0.270 e. The Bertz CT molecular complexity index is 854. The van der Waals surface area contributed by atoms with Gasteiger partial charge in [-0.15, -0.1) is 0 Å². The molecule has 0 aliphatic heterocycles. The lowest BCUT2D eigenvalue weighted by atomic mass is 9.99. The van der Waals surface area contributed by atoms with Gasteiger partial charge in [0, 0.05) is 30.1 Å². The van der Waals surface area contributed by atoms with E-state index in [1.807, 2.05) is 20.8 Å². The maximum absolute atomic E-state index is 12.6. The normalized spacial score (nSPS) is 12.4. The first-order chi connectivity index (χ1) is 13.1. The van der Waals surface area contributed by atoms with E-state index in [2.05, 4.69) is 10.3 Å². The lowest BCUT2D eigenvalue weighted by Gasteiger charge is -2.20. The molecule has 6 heteroatoms. The van der Waals surface area contributed by atoms with E-state index in [4.69, 9.17) is 4.74 Å². The minimum atomic E-state index is -0.621. The first-order valence-corrected chi connectivity index (χ1v) is 9.23. The fourth-order valence-electron chi connectivity index (χ4n) is 2.81. The first kappa shape index (κ1) is 21.6. The van der Waals surface area contributed by atoms with E-state index in [0.29, 0.717) is 5.75 Å². The monoisotopic (exact) mass is 384 g/mol. The molecule has 1 aromatic heterocycles. The number of carbonyl (C=O) groups excluding carboxylic acids is 2. The molecule has 28 heavy (non-hydrogen) atoms. The predicted molar refractivity (Wildman–Crippen MR) is 107 cm³/mol. The van der Waals surface area contributed by atoms with E-state index in [1.165, 1.54) is 6.20 Å². The molecular formula is C22H28N2O4. The summed E-state index contributed by atoms with van der Waals surface area (Å²) in [6.07, 6.45) is 1.27. The Kier molecular flexibility index (Phi) is 6.91. The van der Waals surface area contributed by atoms with Crippen molar-refractivity contribution in [1.29, 1.82) is 0 Å². The average Bonchev–Trinajstić information content (AvgIpc) is 2.60. The van der Waals surface area contributed by atoms with E-state index in [9.17, 15) is 14.7 Å². The van der Waals surface area contributed by atoms with Crippen molar-refractivity contribution in [3.05, 3.63) is 58.9 Å². The van der Waals surface area contributed by atoms with Crippen molar-refractivity contribution in [2.75, 3.05) is 7.11 Å². The molecule has 1 heterocycles. The topological polar surface area (TPSA) is 88.5 Å². The van der Waals surface area contributed by atoms with Gasteiger partial charge in [-0.25, -0.2) is 0 Å². The van der Waals surface area contributed by atoms with Gasteiger partial charge in [0.2, 0.25) is 0 Å². The molecule has 1 aromatic carbocycles. The van der Waals surface area contributed by atoms with Crippen LogP contribution in [0.1, 0.15) is 61.0 Å². The van der Waals surface area contributed by atoms with Crippen LogP contribution in [0.15, 0.2) is 36.5 Å². The molecule has 2 N–H and O–H groups in total. The summed E-state index contributed by atoms with van der Waals surface area (Å²) in [4.78, 5) is 29.0. The lowest BCUT2D eigenvalue weighted by Crippen LogP contribution is -2.40. The van der Waals surface area contributed by atoms with Gasteiger partial charge >= 0.3 is 0 Å². The van der Waals surface area contributed by atoms with Crippen molar-refractivity contribution < 1.29 is 19.4 Å². The number of hydrogen-bond acceptors (Lipinski definition) is 5. The molecule has 0 aliphatic rings. The minimum Gasteiger partial charge on any atom is -0.496 e. The van der Waals surface area contributed by atoms with Crippen LogP contribution in [-0.4, -0.2) is 34.4 Å². The second kappa shape index (κ2) is 8.97. The van der Waals surface area contributed by atoms with Crippen molar-refractivity contribution in [2.24, 2.45) is 0 Å². The van der Waals surface area contributed by atoms with Crippen LogP contribution in [0.4, 0.5) is 0 Å². The summed E-state index contributed by atoms with van der Waals surface area (Å²) in [5.41, 5.74) is 2.11.